The first-order chi connectivity index (χ1) is 8.08. The van der Waals surface area contributed by atoms with E-state index in [1.807, 2.05) is 14.0 Å². The summed E-state index contributed by atoms with van der Waals surface area (Å²) in [6, 6.07) is 0. The Kier molecular flexibility index (Phi) is 5.15. The van der Waals surface area contributed by atoms with Crippen LogP contribution >= 0.6 is 0 Å². The summed E-state index contributed by atoms with van der Waals surface area (Å²) in [6.45, 7) is 5.15. The van der Waals surface area contributed by atoms with Gasteiger partial charge in [0.15, 0.2) is 0 Å². The van der Waals surface area contributed by atoms with Crippen LogP contribution in [0.25, 0.3) is 0 Å². The van der Waals surface area contributed by atoms with Crippen molar-refractivity contribution in [2.24, 2.45) is 18.7 Å². The van der Waals surface area contributed by atoms with Crippen LogP contribution in [0.4, 0.5) is 0 Å². The molecule has 1 heterocycles. The lowest BCUT2D eigenvalue weighted by Crippen LogP contribution is -2.27. The summed E-state index contributed by atoms with van der Waals surface area (Å²) in [6.07, 6.45) is 3.23. The van der Waals surface area contributed by atoms with Gasteiger partial charge < -0.3 is 11.1 Å². The van der Waals surface area contributed by atoms with Crippen molar-refractivity contribution in [3.63, 3.8) is 0 Å². The van der Waals surface area contributed by atoms with E-state index in [1.165, 1.54) is 0 Å². The highest BCUT2D eigenvalue weighted by molar-refractivity contribution is 5.76. The van der Waals surface area contributed by atoms with Gasteiger partial charge in [0, 0.05) is 31.3 Å². The van der Waals surface area contributed by atoms with Crippen LogP contribution in [-0.4, -0.2) is 22.2 Å². The van der Waals surface area contributed by atoms with Gasteiger partial charge in [-0.25, -0.2) is 0 Å². The predicted molar refractivity (Wildman–Crippen MR) is 67.2 cm³/mol. The van der Waals surface area contributed by atoms with Gasteiger partial charge in [0.25, 0.3) is 0 Å². The van der Waals surface area contributed by atoms with Crippen molar-refractivity contribution in [2.45, 2.75) is 33.2 Å². The number of nitrogens with two attached hydrogens (primary N) is 1. The molecular formula is C12H22N4O. The van der Waals surface area contributed by atoms with Crippen LogP contribution in [0.1, 0.15) is 31.0 Å². The topological polar surface area (TPSA) is 72.9 Å². The van der Waals surface area contributed by atoms with Crippen LogP contribution in [0.2, 0.25) is 0 Å². The average molecular weight is 238 g/mol. The molecule has 1 atom stereocenters. The Bertz CT molecular complexity index is 369. The van der Waals surface area contributed by atoms with Gasteiger partial charge in [0.2, 0.25) is 5.91 Å². The second-order valence-corrected chi connectivity index (χ2v) is 4.37. The third kappa shape index (κ3) is 3.85. The fraction of sp³-hybridized carbons (Fsp3) is 0.667. The van der Waals surface area contributed by atoms with E-state index >= 15 is 0 Å². The van der Waals surface area contributed by atoms with Crippen LogP contribution in [0, 0.1) is 12.8 Å². The molecule has 1 aromatic heterocycles. The lowest BCUT2D eigenvalue weighted by Gasteiger charge is -2.11. The minimum absolute atomic E-state index is 0.0607. The Morgan fingerprint density at radius 2 is 2.35 bits per heavy atom. The molecule has 96 valence electrons. The molecule has 1 aromatic rings. The van der Waals surface area contributed by atoms with E-state index in [4.69, 9.17) is 5.73 Å². The van der Waals surface area contributed by atoms with E-state index < -0.39 is 0 Å². The average Bonchev–Trinajstić information content (AvgIpc) is 2.64. The summed E-state index contributed by atoms with van der Waals surface area (Å²) in [5.74, 6) is 0.343. The summed E-state index contributed by atoms with van der Waals surface area (Å²) < 4.78 is 1.80. The lowest BCUT2D eigenvalue weighted by atomic mass is 10.0. The second kappa shape index (κ2) is 6.39. The standard InChI is InChI=1S/C12H22N4O/c1-4-10(6-13)5-12(17)14-7-11-8-15-16(3)9(11)2/h8,10H,4-7,13H2,1-3H3,(H,14,17). The first-order valence-electron chi connectivity index (χ1n) is 6.02. The van der Waals surface area contributed by atoms with Gasteiger partial charge in [-0.15, -0.1) is 0 Å². The summed E-state index contributed by atoms with van der Waals surface area (Å²) in [7, 11) is 1.89. The maximum absolute atomic E-state index is 11.7. The smallest absolute Gasteiger partial charge is 0.220 e. The number of rotatable bonds is 6. The fourth-order valence-electron chi connectivity index (χ4n) is 1.64. The van der Waals surface area contributed by atoms with Crippen LogP contribution in [0.15, 0.2) is 6.20 Å². The molecular weight excluding hydrogens is 216 g/mol. The van der Waals surface area contributed by atoms with Crippen molar-refractivity contribution in [1.29, 1.82) is 0 Å². The summed E-state index contributed by atoms with van der Waals surface area (Å²) in [5, 5.41) is 7.04. The zero-order valence-corrected chi connectivity index (χ0v) is 10.9. The van der Waals surface area contributed by atoms with E-state index in [2.05, 4.69) is 17.3 Å². The third-order valence-corrected chi connectivity index (χ3v) is 3.20. The van der Waals surface area contributed by atoms with Gasteiger partial charge in [-0.1, -0.05) is 13.3 Å². The number of nitrogens with zero attached hydrogens (tertiary/aromatic N) is 2. The molecule has 5 nitrogen and oxygen atoms in total. The van der Waals surface area contributed by atoms with Crippen molar-refractivity contribution in [1.82, 2.24) is 15.1 Å². The van der Waals surface area contributed by atoms with E-state index in [9.17, 15) is 4.79 Å². The normalized spacial score (nSPS) is 12.5. The molecule has 1 amide bonds. The molecule has 0 saturated heterocycles. The largest absolute Gasteiger partial charge is 0.352 e. The van der Waals surface area contributed by atoms with Gasteiger partial charge in [-0.2, -0.15) is 5.10 Å². The Morgan fingerprint density at radius 3 is 2.82 bits per heavy atom. The molecule has 1 unspecified atom stereocenters. The molecule has 0 aromatic carbocycles. The zero-order chi connectivity index (χ0) is 12.8. The van der Waals surface area contributed by atoms with Gasteiger partial charge in [-0.05, 0) is 19.4 Å². The molecule has 0 aliphatic carbocycles. The molecule has 17 heavy (non-hydrogen) atoms. The minimum Gasteiger partial charge on any atom is -0.352 e. The van der Waals surface area contributed by atoms with Gasteiger partial charge in [-0.3, -0.25) is 9.48 Å². The first-order valence-corrected chi connectivity index (χ1v) is 6.02. The highest BCUT2D eigenvalue weighted by atomic mass is 16.1. The van der Waals surface area contributed by atoms with Crippen LogP contribution < -0.4 is 11.1 Å². The van der Waals surface area contributed by atoms with Crippen molar-refractivity contribution < 1.29 is 4.79 Å². The Balaban J connectivity index is 2.40. The first kappa shape index (κ1) is 13.7. The van der Waals surface area contributed by atoms with E-state index in [-0.39, 0.29) is 11.8 Å². The Labute approximate surface area is 102 Å². The third-order valence-electron chi connectivity index (χ3n) is 3.20. The van der Waals surface area contributed by atoms with Gasteiger partial charge in [0.05, 0.1) is 6.20 Å². The molecule has 0 fully saturated rings. The van der Waals surface area contributed by atoms with Gasteiger partial charge >= 0.3 is 0 Å². The number of aryl methyl sites for hydroxylation is 1. The molecule has 0 bridgehead atoms. The SMILES string of the molecule is CCC(CN)CC(=O)NCc1cnn(C)c1C. The summed E-state index contributed by atoms with van der Waals surface area (Å²) in [4.78, 5) is 11.7. The highest BCUT2D eigenvalue weighted by Gasteiger charge is 2.11. The van der Waals surface area contributed by atoms with Crippen molar-refractivity contribution in [2.75, 3.05) is 6.54 Å². The quantitative estimate of drug-likeness (QED) is 0.767. The summed E-state index contributed by atoms with van der Waals surface area (Å²) >= 11 is 0. The molecule has 0 saturated carbocycles. The van der Waals surface area contributed by atoms with Crippen molar-refractivity contribution >= 4 is 5.91 Å². The molecule has 0 aliphatic heterocycles. The second-order valence-electron chi connectivity index (χ2n) is 4.37. The van der Waals surface area contributed by atoms with E-state index in [0.29, 0.717) is 19.5 Å². The van der Waals surface area contributed by atoms with Crippen molar-refractivity contribution in [3.05, 3.63) is 17.5 Å². The number of amides is 1. The Hall–Kier alpha value is -1.36. The number of aromatic nitrogens is 2. The summed E-state index contributed by atoms with van der Waals surface area (Å²) in [5.41, 5.74) is 7.71. The molecule has 1 rings (SSSR count). The van der Waals surface area contributed by atoms with Crippen LogP contribution in [0.3, 0.4) is 0 Å². The van der Waals surface area contributed by atoms with Crippen molar-refractivity contribution in [3.8, 4) is 0 Å². The van der Waals surface area contributed by atoms with E-state index in [1.54, 1.807) is 10.9 Å². The van der Waals surface area contributed by atoms with Crippen LogP contribution in [0.5, 0.6) is 0 Å². The molecule has 3 N–H and O–H groups in total. The number of hydrogen-bond donors (Lipinski definition) is 2. The Morgan fingerprint density at radius 1 is 1.65 bits per heavy atom. The monoisotopic (exact) mass is 238 g/mol. The minimum atomic E-state index is 0.0607. The van der Waals surface area contributed by atoms with Crippen LogP contribution in [-0.2, 0) is 18.4 Å². The maximum Gasteiger partial charge on any atom is 0.220 e. The number of hydrogen-bond acceptors (Lipinski definition) is 3. The zero-order valence-electron chi connectivity index (χ0n) is 10.9. The number of carbonyl (C=O) groups excluding carboxylic acids is 1. The predicted octanol–water partition coefficient (Wildman–Crippen LogP) is 0.720. The lowest BCUT2D eigenvalue weighted by molar-refractivity contribution is -0.122. The molecule has 0 spiro atoms. The van der Waals surface area contributed by atoms with Gasteiger partial charge in [0.1, 0.15) is 0 Å². The fourth-order valence-corrected chi connectivity index (χ4v) is 1.64. The molecule has 0 aliphatic rings. The van der Waals surface area contributed by atoms with E-state index in [0.717, 1.165) is 17.7 Å². The maximum atomic E-state index is 11.7. The molecule has 5 heteroatoms. The number of carbonyl (C=O) groups is 1. The number of nitrogens with one attached hydrogen (secondary N) is 1. The highest BCUT2D eigenvalue weighted by Crippen LogP contribution is 2.07. The molecule has 0 radical (unpaired) electrons.